The van der Waals surface area contributed by atoms with Gasteiger partial charge in [0.2, 0.25) is 0 Å². The van der Waals surface area contributed by atoms with Gasteiger partial charge in [-0.3, -0.25) is 19.2 Å². The first kappa shape index (κ1) is 106. The molecule has 0 heterocycles. The number of ether oxygens (including phenoxy) is 4. The summed E-state index contributed by atoms with van der Waals surface area (Å²) >= 11 is 33.8. The number of fused-ring (bicyclic) bond motifs is 3. The SMILES string of the molecule is CCCCCCC(=O)O.CCCCCCC(=O)OC(c1ccccc1)(c1ccc(C)cc1)c1ccccc1Cl.Cc1ccc(C(Cl)(c2ccccc2)c2ccccc2Cl)cc1.Cc1ccc(C(OC(=O)CCCCCN)(c2ccccc2)c2ccccc2Cl)cc1.Cc1ccc(C(OC(=O)CCCCCNC(=O)OCC2c3ccccc3-c3ccccc32)(c2ccccc2)c2ccccc2Cl)cc1. The van der Waals surface area contributed by atoms with Gasteiger partial charge in [-0.1, -0.05) is 474 Å². The fraction of sp³-hybridized carbons (Fsp3) is 0.264. The number of nitrogens with one attached hydrogen (secondary N) is 1. The van der Waals surface area contributed by atoms with Gasteiger partial charge in [-0.15, -0.1) is 11.6 Å². The maximum atomic E-state index is 13.5. The zero-order chi connectivity index (χ0) is 98.1. The molecule has 0 saturated carbocycles. The normalized spacial score (nSPS) is 12.9. The summed E-state index contributed by atoms with van der Waals surface area (Å²) in [5, 5.41) is 13.4. The van der Waals surface area contributed by atoms with Crippen LogP contribution in [-0.2, 0) is 59.8 Å². The second kappa shape index (κ2) is 54.1. The van der Waals surface area contributed by atoms with E-state index >= 15 is 0 Å². The van der Waals surface area contributed by atoms with Crippen molar-refractivity contribution in [1.82, 2.24) is 5.32 Å². The van der Waals surface area contributed by atoms with Crippen LogP contribution in [0, 0.1) is 27.7 Å². The average molecular weight is 1940 g/mol. The van der Waals surface area contributed by atoms with Gasteiger partial charge < -0.3 is 35.1 Å². The maximum Gasteiger partial charge on any atom is 0.407 e. The molecule has 1 aliphatic rings. The van der Waals surface area contributed by atoms with Crippen molar-refractivity contribution in [3.8, 4) is 11.1 Å². The molecule has 714 valence electrons. The number of rotatable bonds is 38. The monoisotopic (exact) mass is 1940 g/mol. The molecule has 4 N–H and O–H groups in total. The van der Waals surface area contributed by atoms with E-state index in [0.717, 1.165) is 149 Å². The molecule has 17 heteroatoms. The Morgan fingerprint density at radius 1 is 0.312 bits per heavy atom. The highest BCUT2D eigenvalue weighted by molar-refractivity contribution is 6.35. The Hall–Kier alpha value is -12.4. The number of unbranched alkanes of at least 4 members (excludes halogenated alkanes) is 10. The minimum Gasteiger partial charge on any atom is -0.481 e. The van der Waals surface area contributed by atoms with E-state index in [0.29, 0.717) is 70.8 Å². The summed E-state index contributed by atoms with van der Waals surface area (Å²) in [6.45, 7) is 13.8. The number of alkyl halides is 1. The number of aliphatic carboxylic acids is 1. The Labute approximate surface area is 840 Å². The second-order valence-electron chi connectivity index (χ2n) is 34.6. The lowest BCUT2D eigenvalue weighted by Crippen LogP contribution is -2.35. The molecule has 0 radical (unpaired) electrons. The van der Waals surface area contributed by atoms with Crippen molar-refractivity contribution in [2.45, 2.75) is 185 Å². The van der Waals surface area contributed by atoms with Crippen LogP contribution in [0.4, 0.5) is 4.79 Å². The lowest BCUT2D eigenvalue weighted by Gasteiger charge is -2.36. The summed E-state index contributed by atoms with van der Waals surface area (Å²) in [5.74, 6) is -1.44. The molecule has 12 nitrogen and oxygen atoms in total. The number of carboxylic acid groups (broad SMARTS) is 1. The first-order valence-corrected chi connectivity index (χ1v) is 49.8. The Bertz CT molecular complexity index is 5950. The van der Waals surface area contributed by atoms with Gasteiger partial charge in [-0.2, -0.15) is 0 Å². The van der Waals surface area contributed by atoms with E-state index in [-0.39, 0.29) is 36.9 Å². The van der Waals surface area contributed by atoms with E-state index in [1.165, 1.54) is 34.2 Å². The van der Waals surface area contributed by atoms with E-state index < -0.39 is 33.7 Å². The average Bonchev–Trinajstić information content (AvgIpc) is 1.04. The van der Waals surface area contributed by atoms with Crippen LogP contribution in [0.15, 0.2) is 364 Å². The highest BCUT2D eigenvalue weighted by Crippen LogP contribution is 2.51. The number of carbonyl (C=O) groups is 5. The highest BCUT2D eigenvalue weighted by atomic mass is 35.5. The molecule has 0 aliphatic heterocycles. The molecule has 1 amide bonds. The zero-order valence-electron chi connectivity index (χ0n) is 79.7. The number of hydrogen-bond donors (Lipinski definition) is 3. The van der Waals surface area contributed by atoms with Crippen LogP contribution in [0.3, 0.4) is 0 Å². The maximum absolute atomic E-state index is 13.5. The minimum atomic E-state index is -1.21. The number of aryl methyl sites for hydroxylation is 4. The molecule has 4 unspecified atom stereocenters. The predicted octanol–water partition coefficient (Wildman–Crippen LogP) is 31.3. The van der Waals surface area contributed by atoms with Crippen molar-refractivity contribution in [1.29, 1.82) is 0 Å². The fourth-order valence-electron chi connectivity index (χ4n) is 17.3. The van der Waals surface area contributed by atoms with Crippen molar-refractivity contribution in [2.24, 2.45) is 5.73 Å². The molecule has 138 heavy (non-hydrogen) atoms. The van der Waals surface area contributed by atoms with E-state index in [1.807, 2.05) is 336 Å². The van der Waals surface area contributed by atoms with E-state index in [9.17, 15) is 24.0 Å². The lowest BCUT2D eigenvalue weighted by molar-refractivity contribution is -0.154. The Morgan fingerprint density at radius 2 is 0.580 bits per heavy atom. The number of halogens is 5. The summed E-state index contributed by atoms with van der Waals surface area (Å²) in [7, 11) is 0. The summed E-state index contributed by atoms with van der Waals surface area (Å²) in [6, 6.07) is 119. The van der Waals surface area contributed by atoms with Gasteiger partial charge in [-0.05, 0) is 130 Å². The predicted molar refractivity (Wildman–Crippen MR) is 564 cm³/mol. The fourth-order valence-corrected chi connectivity index (χ4v) is 18.9. The minimum absolute atomic E-state index is 0.0212. The molecule has 4 atom stereocenters. The van der Waals surface area contributed by atoms with Crippen LogP contribution >= 0.6 is 58.0 Å². The standard InChI is InChI=1S/C41H38ClNO4.C27H29ClO2.C26H28ClNO2.C20H16Cl2.C7H14O2/c1-29-23-25-31(26-24-29)41(30-14-4-2-5-15-30,37-20-11-12-21-38(37)42)47-39(44)22-6-3-13-27-43-40(45)46-28-36-34-18-9-7-16-32(34)33-17-8-10-19-35(33)36;1-3-4-5-9-16-26(29)30-27(22-12-7-6-8-13-22,23-19-17-21(2)18-20-23)24-14-10-11-15-25(24)28;1-20-15-17-22(18-16-20)26(21-10-4-2-5-11-21,23-12-7-8-13-24(23)27)30-25(29)14-6-3-9-19-28;1-15-11-13-17(14-12-15)20(22,16-7-3-2-4-8-16)18-9-5-6-10-19(18)21;1-2-3-4-5-6-7(8)9/h2,4-5,7-12,14-21,23-26,36H,3,6,13,22,27-28H2,1H3,(H,43,45);6-8,10-15,17-20H,3-5,9,16H2,1-2H3;2,4-5,7-8,10-13,15-18H,3,6,9,14,19,28H2,1H3;2-14H,1H3;2-6H2,1H3,(H,8,9). The Morgan fingerprint density at radius 3 is 0.906 bits per heavy atom. The summed E-state index contributed by atoms with van der Waals surface area (Å²) in [4.78, 5) is 61.3. The van der Waals surface area contributed by atoms with Crippen LogP contribution in [0.25, 0.3) is 11.1 Å². The molecule has 1 aliphatic carbocycles. The molecule has 0 bridgehead atoms. The van der Waals surface area contributed by atoms with Crippen LogP contribution in [0.1, 0.15) is 235 Å². The van der Waals surface area contributed by atoms with Gasteiger partial charge in [0.05, 0.1) is 0 Å². The number of hydrogen-bond acceptors (Lipinski definition) is 10. The van der Waals surface area contributed by atoms with Gasteiger partial charge in [0, 0.05) is 114 Å². The quantitative estimate of drug-likeness (QED) is 0.0110. The topological polar surface area (TPSA) is 181 Å². The molecule has 15 rings (SSSR count). The van der Waals surface area contributed by atoms with Crippen molar-refractivity contribution in [3.05, 3.63) is 484 Å². The van der Waals surface area contributed by atoms with Gasteiger partial charge in [0.25, 0.3) is 0 Å². The van der Waals surface area contributed by atoms with Gasteiger partial charge >= 0.3 is 30.0 Å². The Kier molecular flexibility index (Phi) is 41.6. The molecular formula is C121H125Cl5N2O10. The smallest absolute Gasteiger partial charge is 0.407 e. The van der Waals surface area contributed by atoms with Crippen LogP contribution in [0.5, 0.6) is 0 Å². The van der Waals surface area contributed by atoms with E-state index in [4.69, 9.17) is 87.8 Å². The van der Waals surface area contributed by atoms with Crippen LogP contribution < -0.4 is 11.1 Å². The van der Waals surface area contributed by atoms with Gasteiger partial charge in [0.1, 0.15) is 11.5 Å². The first-order chi connectivity index (χ1) is 67.0. The lowest BCUT2D eigenvalue weighted by atomic mass is 9.79. The van der Waals surface area contributed by atoms with Gasteiger partial charge in [0.15, 0.2) is 16.8 Å². The number of benzene rings is 14. The van der Waals surface area contributed by atoms with Crippen molar-refractivity contribution in [2.75, 3.05) is 19.7 Å². The second-order valence-corrected chi connectivity index (χ2v) is 36.8. The third-order valence-electron chi connectivity index (χ3n) is 24.6. The third kappa shape index (κ3) is 28.2. The number of nitrogens with two attached hydrogens (primary N) is 1. The molecular weight excluding hydrogens is 1820 g/mol. The highest BCUT2D eigenvalue weighted by Gasteiger charge is 2.46. The van der Waals surface area contributed by atoms with E-state index in [2.05, 4.69) is 74.6 Å². The summed E-state index contributed by atoms with van der Waals surface area (Å²) in [5.41, 5.74) is 21.7. The summed E-state index contributed by atoms with van der Waals surface area (Å²) < 4.78 is 24.8. The summed E-state index contributed by atoms with van der Waals surface area (Å²) in [6.07, 6.45) is 13.8. The largest absolute Gasteiger partial charge is 0.481 e. The van der Waals surface area contributed by atoms with Crippen LogP contribution in [-0.4, -0.2) is 54.8 Å². The molecule has 0 spiro atoms. The number of carbonyl (C=O) groups excluding carboxylic acids is 4. The number of carboxylic acids is 1. The molecule has 14 aromatic carbocycles. The number of amides is 1. The Balaban J connectivity index is 0.000000177. The van der Waals surface area contributed by atoms with Gasteiger partial charge in [-0.25, -0.2) is 4.79 Å². The first-order valence-electron chi connectivity index (χ1n) is 47.9. The molecule has 14 aromatic rings. The van der Waals surface area contributed by atoms with E-state index in [1.54, 1.807) is 0 Å². The van der Waals surface area contributed by atoms with Crippen LogP contribution in [0.2, 0.25) is 20.1 Å². The molecule has 0 saturated heterocycles. The molecule has 0 fully saturated rings. The zero-order valence-corrected chi connectivity index (χ0v) is 83.4. The van der Waals surface area contributed by atoms with Crippen molar-refractivity contribution in [3.63, 3.8) is 0 Å². The van der Waals surface area contributed by atoms with Crippen molar-refractivity contribution < 1.29 is 48.0 Å². The third-order valence-corrected chi connectivity index (χ3v) is 26.5. The number of esters is 3. The molecule has 0 aromatic heterocycles. The number of alkyl carbamates (subject to hydrolysis) is 1. The van der Waals surface area contributed by atoms with Crippen molar-refractivity contribution >= 4 is 88.0 Å².